The van der Waals surface area contributed by atoms with E-state index >= 15 is 0 Å². The Morgan fingerprint density at radius 1 is 1.12 bits per heavy atom. The lowest BCUT2D eigenvalue weighted by Gasteiger charge is -2.33. The Morgan fingerprint density at radius 2 is 1.84 bits per heavy atom. The molecule has 0 bridgehead atoms. The number of benzene rings is 1. The molecular formula is C25H27N3O3S. The number of nitrogens with zero attached hydrogens (tertiary/aromatic N) is 3. The van der Waals surface area contributed by atoms with E-state index in [2.05, 4.69) is 34.2 Å². The Balaban J connectivity index is 1.31. The summed E-state index contributed by atoms with van der Waals surface area (Å²) < 4.78 is 5.52. The van der Waals surface area contributed by atoms with Crippen LogP contribution in [0.5, 0.6) is 0 Å². The fourth-order valence-electron chi connectivity index (χ4n) is 4.01. The third-order valence-corrected chi connectivity index (χ3v) is 6.95. The molecule has 0 aliphatic carbocycles. The second-order valence-electron chi connectivity index (χ2n) is 8.15. The van der Waals surface area contributed by atoms with E-state index in [1.807, 2.05) is 29.2 Å². The summed E-state index contributed by atoms with van der Waals surface area (Å²) in [6.45, 7) is 4.80. The van der Waals surface area contributed by atoms with Gasteiger partial charge in [0.2, 0.25) is 0 Å². The van der Waals surface area contributed by atoms with Crippen LogP contribution in [0.2, 0.25) is 0 Å². The highest BCUT2D eigenvalue weighted by molar-refractivity contribution is 7.17. The molecule has 32 heavy (non-hydrogen) atoms. The van der Waals surface area contributed by atoms with Crippen molar-refractivity contribution in [2.24, 2.45) is 5.92 Å². The molecule has 0 N–H and O–H groups in total. The van der Waals surface area contributed by atoms with E-state index in [0.29, 0.717) is 40.3 Å². The van der Waals surface area contributed by atoms with Gasteiger partial charge in [0, 0.05) is 19.3 Å². The van der Waals surface area contributed by atoms with Crippen LogP contribution in [-0.2, 0) is 16.0 Å². The summed E-state index contributed by atoms with van der Waals surface area (Å²) in [5.41, 5.74) is 2.63. The number of piperidine rings is 1. The van der Waals surface area contributed by atoms with Gasteiger partial charge in [0.25, 0.3) is 5.91 Å². The highest BCUT2D eigenvalue weighted by atomic mass is 32.1. The zero-order valence-corrected chi connectivity index (χ0v) is 19.2. The molecule has 1 atom stereocenters. The molecule has 4 rings (SSSR count). The Labute approximate surface area is 192 Å². The van der Waals surface area contributed by atoms with Gasteiger partial charge in [-0.25, -0.2) is 9.78 Å². The number of amides is 1. The van der Waals surface area contributed by atoms with Crippen LogP contribution in [0.15, 0.2) is 54.7 Å². The van der Waals surface area contributed by atoms with E-state index in [-0.39, 0.29) is 5.91 Å². The second kappa shape index (κ2) is 10.0. The molecule has 7 heteroatoms. The number of pyridine rings is 1. The quantitative estimate of drug-likeness (QED) is 0.517. The van der Waals surface area contributed by atoms with Crippen LogP contribution < -0.4 is 0 Å². The number of ether oxygens (including phenoxy) is 1. The largest absolute Gasteiger partial charge is 0.448 e. The zero-order chi connectivity index (χ0) is 22.5. The number of rotatable bonds is 6. The zero-order valence-electron chi connectivity index (χ0n) is 18.4. The van der Waals surface area contributed by atoms with Crippen molar-refractivity contribution in [3.63, 3.8) is 0 Å². The average molecular weight is 450 g/mol. The highest BCUT2D eigenvalue weighted by Gasteiger charge is 2.29. The SMILES string of the molecule is Cc1nc(-c2ccccn2)sc1C(=O)OC(C)C(=O)N1CCC(Cc2ccccc2)CC1. The average Bonchev–Trinajstić information content (AvgIpc) is 3.22. The van der Waals surface area contributed by atoms with E-state index < -0.39 is 12.1 Å². The van der Waals surface area contributed by atoms with Crippen LogP contribution in [-0.4, -0.2) is 45.9 Å². The summed E-state index contributed by atoms with van der Waals surface area (Å²) in [4.78, 5) is 36.5. The number of hydrogen-bond donors (Lipinski definition) is 0. The molecule has 1 aliphatic heterocycles. The van der Waals surface area contributed by atoms with Crippen LogP contribution in [0.1, 0.15) is 40.7 Å². The van der Waals surface area contributed by atoms with Crippen LogP contribution in [0, 0.1) is 12.8 Å². The van der Waals surface area contributed by atoms with E-state index in [4.69, 9.17) is 4.74 Å². The first kappa shape index (κ1) is 22.1. The van der Waals surface area contributed by atoms with Gasteiger partial charge in [-0.15, -0.1) is 11.3 Å². The summed E-state index contributed by atoms with van der Waals surface area (Å²) in [7, 11) is 0. The minimum Gasteiger partial charge on any atom is -0.448 e. The minimum absolute atomic E-state index is 0.136. The summed E-state index contributed by atoms with van der Waals surface area (Å²) in [6, 6.07) is 16.0. The summed E-state index contributed by atoms with van der Waals surface area (Å²) in [6.07, 6.45) is 3.82. The normalized spacial score (nSPS) is 15.4. The molecular weight excluding hydrogens is 422 g/mol. The van der Waals surface area contributed by atoms with E-state index in [1.165, 1.54) is 16.9 Å². The first-order chi connectivity index (χ1) is 15.5. The number of likely N-dealkylation sites (tertiary alicyclic amines) is 1. The maximum Gasteiger partial charge on any atom is 0.351 e. The lowest BCUT2D eigenvalue weighted by Crippen LogP contribution is -2.44. The van der Waals surface area contributed by atoms with E-state index in [0.717, 1.165) is 19.3 Å². The van der Waals surface area contributed by atoms with Gasteiger partial charge in [0.05, 0.1) is 11.4 Å². The molecule has 0 spiro atoms. The van der Waals surface area contributed by atoms with Crippen molar-refractivity contribution in [2.75, 3.05) is 13.1 Å². The summed E-state index contributed by atoms with van der Waals surface area (Å²) in [5, 5.41) is 0.662. The van der Waals surface area contributed by atoms with Crippen LogP contribution in [0.4, 0.5) is 0 Å². The topological polar surface area (TPSA) is 72.4 Å². The maximum absolute atomic E-state index is 12.9. The predicted octanol–water partition coefficient (Wildman–Crippen LogP) is 4.54. The highest BCUT2D eigenvalue weighted by Crippen LogP contribution is 2.28. The first-order valence-electron chi connectivity index (χ1n) is 10.9. The molecule has 1 aliphatic rings. The molecule has 166 valence electrons. The minimum atomic E-state index is -0.826. The number of aryl methyl sites for hydroxylation is 1. The van der Waals surface area contributed by atoms with Crippen LogP contribution in [0.25, 0.3) is 10.7 Å². The molecule has 3 heterocycles. The van der Waals surface area contributed by atoms with Gasteiger partial charge < -0.3 is 9.64 Å². The van der Waals surface area contributed by atoms with Crippen molar-refractivity contribution in [2.45, 2.75) is 39.2 Å². The fourth-order valence-corrected chi connectivity index (χ4v) is 4.94. The number of aromatic nitrogens is 2. The Bertz CT molecular complexity index is 1060. The fraction of sp³-hybridized carbons (Fsp3) is 0.360. The molecule has 0 saturated carbocycles. The van der Waals surface area contributed by atoms with Crippen molar-refractivity contribution < 1.29 is 14.3 Å². The third kappa shape index (κ3) is 5.22. The maximum atomic E-state index is 12.9. The summed E-state index contributed by atoms with van der Waals surface area (Å²) >= 11 is 1.24. The number of thiazole rings is 1. The predicted molar refractivity (Wildman–Crippen MR) is 124 cm³/mol. The third-order valence-electron chi connectivity index (χ3n) is 5.79. The molecule has 1 aromatic carbocycles. The Morgan fingerprint density at radius 3 is 2.53 bits per heavy atom. The van der Waals surface area contributed by atoms with Gasteiger partial charge >= 0.3 is 5.97 Å². The smallest absolute Gasteiger partial charge is 0.351 e. The monoisotopic (exact) mass is 449 g/mol. The van der Waals surface area contributed by atoms with Crippen molar-refractivity contribution in [3.05, 3.63) is 70.9 Å². The molecule has 3 aromatic rings. The second-order valence-corrected chi connectivity index (χ2v) is 9.15. The van der Waals surface area contributed by atoms with Crippen molar-refractivity contribution >= 4 is 23.2 Å². The Hall–Kier alpha value is -3.06. The van der Waals surface area contributed by atoms with E-state index in [9.17, 15) is 9.59 Å². The van der Waals surface area contributed by atoms with Gasteiger partial charge in [-0.2, -0.15) is 0 Å². The van der Waals surface area contributed by atoms with Crippen molar-refractivity contribution in [3.8, 4) is 10.7 Å². The lowest BCUT2D eigenvalue weighted by molar-refractivity contribution is -0.141. The number of hydrogen-bond acceptors (Lipinski definition) is 6. The number of carbonyl (C=O) groups is 2. The van der Waals surface area contributed by atoms with Gasteiger partial charge in [0.15, 0.2) is 6.10 Å². The first-order valence-corrected chi connectivity index (χ1v) is 11.8. The van der Waals surface area contributed by atoms with Gasteiger partial charge in [-0.05, 0) is 56.7 Å². The molecule has 6 nitrogen and oxygen atoms in total. The number of carbonyl (C=O) groups excluding carboxylic acids is 2. The molecule has 0 radical (unpaired) electrons. The molecule has 1 saturated heterocycles. The standard InChI is InChI=1S/C25H27N3O3S/c1-17-22(32-23(27-17)21-10-6-7-13-26-21)25(30)31-18(2)24(29)28-14-11-20(12-15-28)16-19-8-4-3-5-9-19/h3-10,13,18,20H,11-12,14-16H2,1-2H3. The number of esters is 1. The van der Waals surface area contributed by atoms with Crippen LogP contribution in [0.3, 0.4) is 0 Å². The Kier molecular flexibility index (Phi) is 6.95. The molecule has 1 amide bonds. The van der Waals surface area contributed by atoms with Gasteiger partial charge in [-0.3, -0.25) is 9.78 Å². The van der Waals surface area contributed by atoms with Crippen molar-refractivity contribution in [1.82, 2.24) is 14.9 Å². The van der Waals surface area contributed by atoms with E-state index in [1.54, 1.807) is 20.0 Å². The van der Waals surface area contributed by atoms with Gasteiger partial charge in [-0.1, -0.05) is 36.4 Å². The lowest BCUT2D eigenvalue weighted by atomic mass is 9.90. The van der Waals surface area contributed by atoms with Gasteiger partial charge in [0.1, 0.15) is 9.88 Å². The summed E-state index contributed by atoms with van der Waals surface area (Å²) in [5.74, 6) is -0.0743. The molecule has 2 aromatic heterocycles. The molecule has 1 unspecified atom stereocenters. The van der Waals surface area contributed by atoms with Crippen molar-refractivity contribution in [1.29, 1.82) is 0 Å². The van der Waals surface area contributed by atoms with Crippen LogP contribution >= 0.6 is 11.3 Å². The molecule has 1 fully saturated rings.